The van der Waals surface area contributed by atoms with E-state index in [0.29, 0.717) is 23.2 Å². The van der Waals surface area contributed by atoms with E-state index >= 15 is 0 Å². The van der Waals surface area contributed by atoms with E-state index in [2.05, 4.69) is 40.3 Å². The van der Waals surface area contributed by atoms with E-state index in [4.69, 9.17) is 4.74 Å². The van der Waals surface area contributed by atoms with Gasteiger partial charge in [-0.3, -0.25) is 0 Å². The molecule has 3 aliphatic rings. The largest absolute Gasteiger partial charge is 0.465 e. The Bertz CT molecular complexity index is 935. The fourth-order valence-electron chi connectivity index (χ4n) is 4.22. The van der Waals surface area contributed by atoms with Crippen LogP contribution in [0.25, 0.3) is 5.57 Å². The second-order valence-corrected chi connectivity index (χ2v) is 8.08. The minimum absolute atomic E-state index is 0.137. The van der Waals surface area contributed by atoms with E-state index in [1.807, 2.05) is 12.3 Å². The summed E-state index contributed by atoms with van der Waals surface area (Å²) >= 11 is 0. The Labute approximate surface area is 159 Å². The number of ether oxygens (including phenoxy) is 1. The number of anilines is 1. The Kier molecular flexibility index (Phi) is 3.85. The van der Waals surface area contributed by atoms with Gasteiger partial charge in [0.05, 0.1) is 13.2 Å². The second-order valence-electron chi connectivity index (χ2n) is 8.08. The van der Waals surface area contributed by atoms with Crippen molar-refractivity contribution in [2.24, 2.45) is 13.0 Å². The Morgan fingerprint density at radius 3 is 2.74 bits per heavy atom. The number of aryl methyl sites for hydroxylation is 1. The maximum atomic E-state index is 12.3. The van der Waals surface area contributed by atoms with E-state index in [1.165, 1.54) is 49.6 Å². The fraction of sp³-hybridized carbons (Fsp3) is 0.455. The Hall–Kier alpha value is -2.56. The van der Waals surface area contributed by atoms with Gasteiger partial charge in [-0.05, 0) is 72.8 Å². The number of allylic oxidation sites excluding steroid dienone is 1. The van der Waals surface area contributed by atoms with Gasteiger partial charge in [0.1, 0.15) is 11.4 Å². The number of nitrogens with zero attached hydrogens (tertiary/aromatic N) is 2. The van der Waals surface area contributed by atoms with Crippen LogP contribution in [0.2, 0.25) is 0 Å². The van der Waals surface area contributed by atoms with Crippen LogP contribution >= 0.6 is 0 Å². The molecule has 0 amide bonds. The molecule has 0 spiro atoms. The van der Waals surface area contributed by atoms with Crippen LogP contribution in [0, 0.1) is 5.92 Å². The normalized spacial score (nSPS) is 21.4. The van der Waals surface area contributed by atoms with E-state index in [-0.39, 0.29) is 12.0 Å². The molecule has 5 rings (SSSR count). The van der Waals surface area contributed by atoms with Crippen molar-refractivity contribution in [2.45, 2.75) is 44.1 Å². The summed E-state index contributed by atoms with van der Waals surface area (Å²) in [5.41, 5.74) is 5.87. The molecule has 3 aliphatic carbocycles. The first-order valence-corrected chi connectivity index (χ1v) is 9.85. The van der Waals surface area contributed by atoms with Crippen LogP contribution in [-0.4, -0.2) is 28.7 Å². The van der Waals surface area contributed by atoms with Gasteiger partial charge < -0.3 is 14.6 Å². The Morgan fingerprint density at radius 1 is 1.26 bits per heavy atom. The molecule has 2 aromatic rings. The fourth-order valence-corrected chi connectivity index (χ4v) is 4.22. The lowest BCUT2D eigenvalue weighted by molar-refractivity contribution is 0.0601. The van der Waals surface area contributed by atoms with E-state index in [1.54, 1.807) is 0 Å². The zero-order valence-electron chi connectivity index (χ0n) is 15.9. The van der Waals surface area contributed by atoms with Gasteiger partial charge in [-0.1, -0.05) is 6.08 Å². The van der Waals surface area contributed by atoms with Gasteiger partial charge in [0.25, 0.3) is 0 Å². The zero-order chi connectivity index (χ0) is 18.5. The Morgan fingerprint density at radius 2 is 2.04 bits per heavy atom. The molecule has 2 aromatic heterocycles. The van der Waals surface area contributed by atoms with Crippen molar-refractivity contribution in [1.82, 2.24) is 9.55 Å². The van der Waals surface area contributed by atoms with Crippen molar-refractivity contribution in [3.63, 3.8) is 0 Å². The maximum absolute atomic E-state index is 12.3. The van der Waals surface area contributed by atoms with Crippen LogP contribution in [0.3, 0.4) is 0 Å². The first-order valence-electron chi connectivity index (χ1n) is 9.85. The summed E-state index contributed by atoms with van der Waals surface area (Å²) in [7, 11) is 3.55. The summed E-state index contributed by atoms with van der Waals surface area (Å²) in [6.07, 6.45) is 12.2. The summed E-state index contributed by atoms with van der Waals surface area (Å²) < 4.78 is 7.25. The molecule has 1 N–H and O–H groups in total. The number of carbonyl (C=O) groups is 1. The van der Waals surface area contributed by atoms with Crippen molar-refractivity contribution < 1.29 is 9.53 Å². The van der Waals surface area contributed by atoms with Crippen LogP contribution in [0.5, 0.6) is 0 Å². The Balaban J connectivity index is 1.46. The molecule has 27 heavy (non-hydrogen) atoms. The first kappa shape index (κ1) is 16.6. The summed E-state index contributed by atoms with van der Waals surface area (Å²) in [5, 5.41) is 3.52. The van der Waals surface area contributed by atoms with Crippen molar-refractivity contribution in [2.75, 3.05) is 12.4 Å². The number of methoxy groups -OCH3 is 1. The van der Waals surface area contributed by atoms with Crippen LogP contribution in [-0.2, 0) is 18.2 Å². The van der Waals surface area contributed by atoms with Crippen LogP contribution in [0.1, 0.15) is 58.8 Å². The van der Waals surface area contributed by atoms with Gasteiger partial charge in [0, 0.05) is 25.1 Å². The standard InChI is InChI=1S/C22H25N3O2/c1-25-8-7-15-9-17(11-18(20(15)25)14-5-6-14)24-21-19(22(26)27-2)10-16(12-23-21)13-3-4-13/h7-8,10-14,17H,3-6,9H2,1-2H3,(H,23,24). The average Bonchev–Trinajstić information content (AvgIpc) is 3.59. The lowest BCUT2D eigenvalue weighted by atomic mass is 9.91. The van der Waals surface area contributed by atoms with Crippen molar-refractivity contribution in [3.05, 3.63) is 53.0 Å². The topological polar surface area (TPSA) is 56.1 Å². The third-order valence-electron chi connectivity index (χ3n) is 5.95. The number of carbonyl (C=O) groups excluding carboxylic acids is 1. The highest BCUT2D eigenvalue weighted by atomic mass is 16.5. The zero-order valence-corrected chi connectivity index (χ0v) is 15.9. The van der Waals surface area contributed by atoms with Gasteiger partial charge >= 0.3 is 5.97 Å². The highest BCUT2D eigenvalue weighted by molar-refractivity contribution is 5.95. The minimum Gasteiger partial charge on any atom is -0.465 e. The van der Waals surface area contributed by atoms with Gasteiger partial charge in [-0.15, -0.1) is 0 Å². The number of fused-ring (bicyclic) bond motifs is 1. The number of pyridine rings is 1. The second kappa shape index (κ2) is 6.25. The molecular formula is C22H25N3O2. The molecule has 1 atom stereocenters. The smallest absolute Gasteiger partial charge is 0.341 e. The third-order valence-corrected chi connectivity index (χ3v) is 5.95. The van der Waals surface area contributed by atoms with Crippen LogP contribution in [0.15, 0.2) is 30.6 Å². The minimum atomic E-state index is -0.324. The maximum Gasteiger partial charge on any atom is 0.341 e. The summed E-state index contributed by atoms with van der Waals surface area (Å²) in [5.74, 6) is 1.53. The molecule has 2 heterocycles. The number of rotatable bonds is 5. The van der Waals surface area contributed by atoms with Gasteiger partial charge in [-0.25, -0.2) is 9.78 Å². The summed E-state index contributed by atoms with van der Waals surface area (Å²) in [4.78, 5) is 16.9. The van der Waals surface area contributed by atoms with Gasteiger partial charge in [-0.2, -0.15) is 0 Å². The number of hydrogen-bond acceptors (Lipinski definition) is 4. The van der Waals surface area contributed by atoms with Crippen molar-refractivity contribution in [3.8, 4) is 0 Å². The molecule has 0 aliphatic heterocycles. The lowest BCUT2D eigenvalue weighted by Crippen LogP contribution is -2.26. The predicted octanol–water partition coefficient (Wildman–Crippen LogP) is 3.91. The molecule has 1 unspecified atom stereocenters. The molecular weight excluding hydrogens is 338 g/mol. The third kappa shape index (κ3) is 3.05. The number of nitrogens with one attached hydrogen (secondary N) is 1. The number of hydrogen-bond donors (Lipinski definition) is 1. The molecule has 2 saturated carbocycles. The predicted molar refractivity (Wildman–Crippen MR) is 105 cm³/mol. The van der Waals surface area contributed by atoms with Crippen molar-refractivity contribution >= 4 is 17.4 Å². The monoisotopic (exact) mass is 363 g/mol. The molecule has 5 heteroatoms. The highest BCUT2D eigenvalue weighted by Gasteiger charge is 2.33. The van der Waals surface area contributed by atoms with E-state index < -0.39 is 0 Å². The SMILES string of the molecule is COC(=O)c1cc(C2CC2)cnc1NC1C=C(C2CC2)c2c(ccn2C)C1. The van der Waals surface area contributed by atoms with Crippen molar-refractivity contribution in [1.29, 1.82) is 0 Å². The molecule has 0 aromatic carbocycles. The quantitative estimate of drug-likeness (QED) is 0.818. The number of aromatic nitrogens is 2. The molecule has 140 valence electrons. The highest BCUT2D eigenvalue weighted by Crippen LogP contribution is 2.45. The first-order chi connectivity index (χ1) is 13.1. The molecule has 0 bridgehead atoms. The molecule has 5 nitrogen and oxygen atoms in total. The van der Waals surface area contributed by atoms with E-state index in [0.717, 1.165) is 12.0 Å². The average molecular weight is 363 g/mol. The van der Waals surface area contributed by atoms with E-state index in [9.17, 15) is 4.79 Å². The van der Waals surface area contributed by atoms with Gasteiger partial charge in [0.2, 0.25) is 0 Å². The molecule has 0 radical (unpaired) electrons. The summed E-state index contributed by atoms with van der Waals surface area (Å²) in [6, 6.07) is 4.31. The molecule has 2 fully saturated rings. The van der Waals surface area contributed by atoms with Gasteiger partial charge in [0.15, 0.2) is 0 Å². The lowest BCUT2D eigenvalue weighted by Gasteiger charge is -2.25. The van der Waals surface area contributed by atoms with Crippen LogP contribution < -0.4 is 5.32 Å². The van der Waals surface area contributed by atoms with Crippen LogP contribution in [0.4, 0.5) is 5.82 Å². The molecule has 0 saturated heterocycles. The summed E-state index contributed by atoms with van der Waals surface area (Å²) in [6.45, 7) is 0. The number of esters is 1.